The fourth-order valence-corrected chi connectivity index (χ4v) is 2.64. The van der Waals surface area contributed by atoms with Crippen LogP contribution in [0.4, 0.5) is 4.79 Å². The number of rotatable bonds is 2. The lowest BCUT2D eigenvalue weighted by atomic mass is 10.2. The van der Waals surface area contributed by atoms with Crippen molar-refractivity contribution in [2.24, 2.45) is 0 Å². The molecule has 5 heteroatoms. The van der Waals surface area contributed by atoms with Crippen LogP contribution in [0.25, 0.3) is 10.9 Å². The third kappa shape index (κ3) is 3.92. The minimum Gasteiger partial charge on any atom is -0.488 e. The highest BCUT2D eigenvalue weighted by atomic mass is 16.6. The van der Waals surface area contributed by atoms with E-state index in [1.165, 1.54) is 0 Å². The number of fused-ring (bicyclic) bond motifs is 1. The predicted octanol–water partition coefficient (Wildman–Crippen LogP) is 3.62. The number of hydrogen-bond donors (Lipinski definition) is 0. The van der Waals surface area contributed by atoms with Crippen LogP contribution in [0.5, 0.6) is 5.75 Å². The van der Waals surface area contributed by atoms with Crippen LogP contribution in [-0.2, 0) is 4.74 Å². The quantitative estimate of drug-likeness (QED) is 0.849. The normalized spacial score (nSPS) is 18.2. The minimum absolute atomic E-state index is 0.00311. The Labute approximate surface area is 136 Å². The van der Waals surface area contributed by atoms with Crippen molar-refractivity contribution >= 4 is 17.0 Å². The van der Waals surface area contributed by atoms with E-state index in [9.17, 15) is 4.79 Å². The third-order valence-electron chi connectivity index (χ3n) is 3.67. The van der Waals surface area contributed by atoms with E-state index in [4.69, 9.17) is 9.47 Å². The molecule has 1 aromatic carbocycles. The summed E-state index contributed by atoms with van der Waals surface area (Å²) in [5.74, 6) is 0.807. The number of amides is 1. The number of likely N-dealkylation sites (tertiary alicyclic amines) is 1. The van der Waals surface area contributed by atoms with Crippen molar-refractivity contribution in [1.29, 1.82) is 0 Å². The highest BCUT2D eigenvalue weighted by Crippen LogP contribution is 2.23. The van der Waals surface area contributed by atoms with Gasteiger partial charge in [0.2, 0.25) is 0 Å². The van der Waals surface area contributed by atoms with E-state index in [1.54, 1.807) is 11.1 Å². The van der Waals surface area contributed by atoms with Crippen LogP contribution in [0.3, 0.4) is 0 Å². The molecule has 0 unspecified atom stereocenters. The molecule has 0 bridgehead atoms. The number of nitrogens with zero attached hydrogens (tertiary/aromatic N) is 2. The second-order valence-corrected chi connectivity index (χ2v) is 6.81. The maximum Gasteiger partial charge on any atom is 0.410 e. The van der Waals surface area contributed by atoms with E-state index in [2.05, 4.69) is 4.98 Å². The summed E-state index contributed by atoms with van der Waals surface area (Å²) >= 11 is 0. The van der Waals surface area contributed by atoms with Gasteiger partial charge in [0.05, 0.1) is 12.1 Å². The van der Waals surface area contributed by atoms with Crippen molar-refractivity contribution in [1.82, 2.24) is 9.88 Å². The van der Waals surface area contributed by atoms with Gasteiger partial charge in [-0.05, 0) is 45.0 Å². The van der Waals surface area contributed by atoms with E-state index >= 15 is 0 Å². The molecule has 0 N–H and O–H groups in total. The van der Waals surface area contributed by atoms with Gasteiger partial charge < -0.3 is 14.4 Å². The van der Waals surface area contributed by atoms with E-state index in [0.29, 0.717) is 13.1 Å². The zero-order chi connectivity index (χ0) is 16.4. The first-order valence-corrected chi connectivity index (χ1v) is 7.90. The lowest BCUT2D eigenvalue weighted by Crippen LogP contribution is -2.36. The first-order chi connectivity index (χ1) is 10.9. The molecule has 1 amide bonds. The van der Waals surface area contributed by atoms with Crippen LogP contribution in [0.15, 0.2) is 36.5 Å². The summed E-state index contributed by atoms with van der Waals surface area (Å²) in [6, 6.07) is 9.78. The maximum absolute atomic E-state index is 12.1. The highest BCUT2D eigenvalue weighted by Gasteiger charge is 2.30. The Morgan fingerprint density at radius 1 is 1.30 bits per heavy atom. The second-order valence-electron chi connectivity index (χ2n) is 6.81. The Bertz CT molecular complexity index is 709. The Kier molecular flexibility index (Phi) is 4.11. The Hall–Kier alpha value is -2.30. The Morgan fingerprint density at radius 2 is 2.13 bits per heavy atom. The van der Waals surface area contributed by atoms with E-state index in [0.717, 1.165) is 23.1 Å². The van der Waals surface area contributed by atoms with E-state index in [-0.39, 0.29) is 12.2 Å². The smallest absolute Gasteiger partial charge is 0.410 e. The largest absolute Gasteiger partial charge is 0.488 e. The molecule has 2 aromatic rings. The van der Waals surface area contributed by atoms with Crippen molar-refractivity contribution in [3.63, 3.8) is 0 Å². The second kappa shape index (κ2) is 6.07. The molecule has 1 fully saturated rings. The lowest BCUT2D eigenvalue weighted by molar-refractivity contribution is 0.0275. The molecule has 3 rings (SSSR count). The first kappa shape index (κ1) is 15.6. The predicted molar refractivity (Wildman–Crippen MR) is 88.6 cm³/mol. The maximum atomic E-state index is 12.1. The summed E-state index contributed by atoms with van der Waals surface area (Å²) in [5.41, 5.74) is 0.475. The van der Waals surface area contributed by atoms with Gasteiger partial charge in [-0.15, -0.1) is 0 Å². The molecule has 1 atom stereocenters. The summed E-state index contributed by atoms with van der Waals surface area (Å²) in [6.45, 7) is 6.84. The average molecular weight is 314 g/mol. The topological polar surface area (TPSA) is 51.7 Å². The Morgan fingerprint density at radius 3 is 2.91 bits per heavy atom. The molecule has 2 heterocycles. The number of ether oxygens (including phenoxy) is 2. The van der Waals surface area contributed by atoms with E-state index < -0.39 is 5.60 Å². The molecule has 0 saturated carbocycles. The van der Waals surface area contributed by atoms with Gasteiger partial charge in [0.15, 0.2) is 0 Å². The monoisotopic (exact) mass is 314 g/mol. The molecule has 1 aromatic heterocycles. The SMILES string of the molecule is CC(C)(C)OC(=O)N1CC[C@@H](Oc2ccc3ncccc3c2)C1. The van der Waals surface area contributed by atoms with Gasteiger partial charge in [-0.1, -0.05) is 6.07 Å². The van der Waals surface area contributed by atoms with Gasteiger partial charge in [0.1, 0.15) is 17.5 Å². The van der Waals surface area contributed by atoms with Crippen molar-refractivity contribution in [3.8, 4) is 5.75 Å². The molecule has 1 aliphatic rings. The summed E-state index contributed by atoms with van der Waals surface area (Å²) in [7, 11) is 0. The number of pyridine rings is 1. The van der Waals surface area contributed by atoms with Crippen molar-refractivity contribution < 1.29 is 14.3 Å². The number of benzene rings is 1. The first-order valence-electron chi connectivity index (χ1n) is 7.90. The lowest BCUT2D eigenvalue weighted by Gasteiger charge is -2.24. The van der Waals surface area contributed by atoms with Gasteiger partial charge >= 0.3 is 6.09 Å². The number of carbonyl (C=O) groups is 1. The summed E-state index contributed by atoms with van der Waals surface area (Å²) < 4.78 is 11.4. The number of aromatic nitrogens is 1. The molecule has 0 spiro atoms. The molecule has 0 radical (unpaired) electrons. The fourth-order valence-electron chi connectivity index (χ4n) is 2.64. The molecule has 5 nitrogen and oxygen atoms in total. The van der Waals surface area contributed by atoms with Crippen LogP contribution in [0, 0.1) is 0 Å². The molecule has 0 aliphatic carbocycles. The molecular formula is C18H22N2O3. The highest BCUT2D eigenvalue weighted by molar-refractivity contribution is 5.79. The van der Waals surface area contributed by atoms with Crippen molar-refractivity contribution in [2.75, 3.05) is 13.1 Å². The van der Waals surface area contributed by atoms with Gasteiger partial charge in [0.25, 0.3) is 0 Å². The number of hydrogen-bond acceptors (Lipinski definition) is 4. The summed E-state index contributed by atoms with van der Waals surface area (Å²) in [5, 5.41) is 1.05. The molecular weight excluding hydrogens is 292 g/mol. The van der Waals surface area contributed by atoms with Crippen LogP contribution in [-0.4, -0.2) is 40.8 Å². The number of carbonyl (C=O) groups excluding carboxylic acids is 1. The molecule has 122 valence electrons. The molecule has 1 aliphatic heterocycles. The van der Waals surface area contributed by atoms with Crippen LogP contribution in [0.2, 0.25) is 0 Å². The minimum atomic E-state index is -0.471. The van der Waals surface area contributed by atoms with Crippen molar-refractivity contribution in [3.05, 3.63) is 36.5 Å². The Balaban J connectivity index is 1.61. The van der Waals surface area contributed by atoms with Crippen molar-refractivity contribution in [2.45, 2.75) is 38.9 Å². The molecule has 23 heavy (non-hydrogen) atoms. The summed E-state index contributed by atoms with van der Waals surface area (Å²) in [4.78, 5) is 18.1. The van der Waals surface area contributed by atoms with Gasteiger partial charge in [-0.25, -0.2) is 4.79 Å². The zero-order valence-corrected chi connectivity index (χ0v) is 13.8. The molecule has 1 saturated heterocycles. The zero-order valence-electron chi connectivity index (χ0n) is 13.8. The third-order valence-corrected chi connectivity index (χ3v) is 3.67. The van der Waals surface area contributed by atoms with Crippen LogP contribution >= 0.6 is 0 Å². The van der Waals surface area contributed by atoms with Crippen LogP contribution in [0.1, 0.15) is 27.2 Å². The standard InChI is InChI=1S/C18H22N2O3/c1-18(2,3)23-17(21)20-10-8-15(12-20)22-14-6-7-16-13(11-14)5-4-9-19-16/h4-7,9,11,15H,8,10,12H2,1-3H3/t15-/m1/s1. The van der Waals surface area contributed by atoms with Gasteiger partial charge in [-0.3, -0.25) is 4.98 Å². The fraction of sp³-hybridized carbons (Fsp3) is 0.444. The average Bonchev–Trinajstić information content (AvgIpc) is 2.94. The van der Waals surface area contributed by atoms with Gasteiger partial charge in [-0.2, -0.15) is 0 Å². The van der Waals surface area contributed by atoms with E-state index in [1.807, 2.05) is 51.1 Å². The summed E-state index contributed by atoms with van der Waals surface area (Å²) in [6.07, 6.45) is 2.31. The van der Waals surface area contributed by atoms with Gasteiger partial charge in [0, 0.05) is 24.5 Å². The van der Waals surface area contributed by atoms with Crippen LogP contribution < -0.4 is 4.74 Å².